The van der Waals surface area contributed by atoms with Crippen molar-refractivity contribution in [3.63, 3.8) is 0 Å². The number of methoxy groups -OCH3 is 1. The molecular formula is C14H23N3O5S. The smallest absolute Gasteiger partial charge is 0.293 e. The van der Waals surface area contributed by atoms with Crippen LogP contribution in [0, 0.1) is 10.1 Å². The van der Waals surface area contributed by atoms with Gasteiger partial charge in [-0.15, -0.1) is 0 Å². The Bertz CT molecular complexity index is 644. The Balaban J connectivity index is 3.26. The highest BCUT2D eigenvalue weighted by molar-refractivity contribution is 7.89. The minimum atomic E-state index is -3.74. The highest BCUT2D eigenvalue weighted by atomic mass is 32.2. The summed E-state index contributed by atoms with van der Waals surface area (Å²) in [4.78, 5) is 10.6. The van der Waals surface area contributed by atoms with E-state index in [0.717, 1.165) is 6.07 Å². The maximum atomic E-state index is 12.5. The van der Waals surface area contributed by atoms with Gasteiger partial charge in [-0.2, -0.15) is 4.31 Å². The number of ether oxygens (including phenoxy) is 1. The molecule has 1 N–H and O–H groups in total. The van der Waals surface area contributed by atoms with E-state index >= 15 is 0 Å². The lowest BCUT2D eigenvalue weighted by Crippen LogP contribution is -2.30. The second-order valence-corrected chi connectivity index (χ2v) is 6.96. The van der Waals surface area contributed by atoms with Gasteiger partial charge in [0.05, 0.1) is 16.4 Å². The normalized spacial score (nSPS) is 13.1. The molecule has 0 spiro atoms. The number of nitro groups is 1. The van der Waals surface area contributed by atoms with Crippen molar-refractivity contribution in [2.75, 3.05) is 32.1 Å². The van der Waals surface area contributed by atoms with Crippen molar-refractivity contribution in [3.05, 3.63) is 28.3 Å². The van der Waals surface area contributed by atoms with E-state index in [4.69, 9.17) is 4.74 Å². The summed E-state index contributed by atoms with van der Waals surface area (Å²) in [6.07, 6.45) is 0. The molecule has 8 nitrogen and oxygen atoms in total. The van der Waals surface area contributed by atoms with E-state index in [9.17, 15) is 18.5 Å². The standard InChI is InChI=1S/C14H23N3O5S/c1-5-16(6-2)23(20,21)12-7-8-13(14(9-12)17(18)19)15-11(3)10-22-4/h7-9,11,15H,5-6,10H2,1-4H3/t11-/m0/s1. The van der Waals surface area contributed by atoms with E-state index in [1.807, 2.05) is 6.92 Å². The monoisotopic (exact) mass is 345 g/mol. The van der Waals surface area contributed by atoms with Gasteiger partial charge in [0.2, 0.25) is 10.0 Å². The first-order chi connectivity index (χ1) is 10.8. The Hall–Kier alpha value is -1.71. The van der Waals surface area contributed by atoms with Crippen molar-refractivity contribution in [1.82, 2.24) is 4.31 Å². The van der Waals surface area contributed by atoms with Crippen LogP contribution in [0.4, 0.5) is 11.4 Å². The van der Waals surface area contributed by atoms with Gasteiger partial charge in [0.1, 0.15) is 5.69 Å². The highest BCUT2D eigenvalue weighted by Crippen LogP contribution is 2.29. The summed E-state index contributed by atoms with van der Waals surface area (Å²) in [5, 5.41) is 14.2. The third-order valence-electron chi connectivity index (χ3n) is 3.33. The molecule has 0 bridgehead atoms. The Morgan fingerprint density at radius 3 is 2.43 bits per heavy atom. The average molecular weight is 345 g/mol. The Kier molecular flexibility index (Phi) is 6.92. The molecule has 0 saturated carbocycles. The average Bonchev–Trinajstić information content (AvgIpc) is 2.48. The largest absolute Gasteiger partial charge is 0.383 e. The van der Waals surface area contributed by atoms with Crippen LogP contribution >= 0.6 is 0 Å². The molecule has 0 heterocycles. The SMILES string of the molecule is CCN(CC)S(=O)(=O)c1ccc(N[C@@H](C)COC)c([N+](=O)[O-])c1. The number of rotatable bonds is 9. The fourth-order valence-corrected chi connectivity index (χ4v) is 3.69. The van der Waals surface area contributed by atoms with E-state index in [2.05, 4.69) is 5.32 Å². The summed E-state index contributed by atoms with van der Waals surface area (Å²) in [7, 11) is -2.20. The Morgan fingerprint density at radius 1 is 1.35 bits per heavy atom. The zero-order valence-electron chi connectivity index (χ0n) is 13.8. The van der Waals surface area contributed by atoms with Gasteiger partial charge in [-0.3, -0.25) is 10.1 Å². The minimum Gasteiger partial charge on any atom is -0.383 e. The molecule has 23 heavy (non-hydrogen) atoms. The van der Waals surface area contributed by atoms with Gasteiger partial charge < -0.3 is 10.1 Å². The molecule has 0 aliphatic heterocycles. The summed E-state index contributed by atoms with van der Waals surface area (Å²) in [5.74, 6) is 0. The zero-order valence-corrected chi connectivity index (χ0v) is 14.6. The first-order valence-electron chi connectivity index (χ1n) is 7.31. The van der Waals surface area contributed by atoms with E-state index in [1.54, 1.807) is 13.8 Å². The van der Waals surface area contributed by atoms with Crippen LogP contribution < -0.4 is 5.32 Å². The zero-order chi connectivity index (χ0) is 17.6. The van der Waals surface area contributed by atoms with Crippen LogP contribution in [0.15, 0.2) is 23.1 Å². The van der Waals surface area contributed by atoms with Crippen molar-refractivity contribution in [2.24, 2.45) is 0 Å². The summed E-state index contributed by atoms with van der Waals surface area (Å²) in [5.41, 5.74) is -0.0146. The van der Waals surface area contributed by atoms with Crippen molar-refractivity contribution < 1.29 is 18.1 Å². The molecule has 130 valence electrons. The molecule has 0 amide bonds. The molecular weight excluding hydrogens is 322 g/mol. The number of sulfonamides is 1. The highest BCUT2D eigenvalue weighted by Gasteiger charge is 2.26. The molecule has 0 unspecified atom stereocenters. The molecule has 1 rings (SSSR count). The summed E-state index contributed by atoms with van der Waals surface area (Å²) in [6.45, 7) is 6.23. The number of nitro benzene ring substituents is 1. The van der Waals surface area contributed by atoms with Crippen molar-refractivity contribution in [1.29, 1.82) is 0 Å². The predicted molar refractivity (Wildman–Crippen MR) is 88.2 cm³/mol. The van der Waals surface area contributed by atoms with E-state index in [0.29, 0.717) is 19.7 Å². The summed E-state index contributed by atoms with van der Waals surface area (Å²) >= 11 is 0. The summed E-state index contributed by atoms with van der Waals surface area (Å²) in [6, 6.07) is 3.74. The fraction of sp³-hybridized carbons (Fsp3) is 0.571. The molecule has 0 radical (unpaired) electrons. The quantitative estimate of drug-likeness (QED) is 0.543. The third kappa shape index (κ3) is 4.63. The van der Waals surface area contributed by atoms with Crippen LogP contribution in [0.1, 0.15) is 20.8 Å². The number of nitrogens with one attached hydrogen (secondary N) is 1. The first-order valence-corrected chi connectivity index (χ1v) is 8.75. The molecule has 0 aliphatic carbocycles. The Morgan fingerprint density at radius 2 is 1.96 bits per heavy atom. The Labute approximate surface area is 136 Å². The van der Waals surface area contributed by atoms with Crippen LogP contribution in [0.3, 0.4) is 0 Å². The third-order valence-corrected chi connectivity index (χ3v) is 5.37. The second-order valence-electron chi connectivity index (χ2n) is 5.03. The van der Waals surface area contributed by atoms with Crippen molar-refractivity contribution in [2.45, 2.75) is 31.7 Å². The number of nitrogens with zero attached hydrogens (tertiary/aromatic N) is 2. The molecule has 1 aromatic rings. The lowest BCUT2D eigenvalue weighted by molar-refractivity contribution is -0.384. The molecule has 9 heteroatoms. The molecule has 1 atom stereocenters. The first kappa shape index (κ1) is 19.3. The molecule has 0 saturated heterocycles. The van der Waals surface area contributed by atoms with Crippen LogP contribution in [0.5, 0.6) is 0 Å². The predicted octanol–water partition coefficient (Wildman–Crippen LogP) is 2.07. The molecule has 1 aromatic carbocycles. The fourth-order valence-electron chi connectivity index (χ4n) is 2.21. The van der Waals surface area contributed by atoms with E-state index in [1.165, 1.54) is 23.5 Å². The lowest BCUT2D eigenvalue weighted by Gasteiger charge is -2.19. The van der Waals surface area contributed by atoms with E-state index < -0.39 is 14.9 Å². The molecule has 0 aliphatic rings. The van der Waals surface area contributed by atoms with Crippen molar-refractivity contribution >= 4 is 21.4 Å². The van der Waals surface area contributed by atoms with Crippen LogP contribution in [0.2, 0.25) is 0 Å². The van der Waals surface area contributed by atoms with Gasteiger partial charge in [-0.05, 0) is 19.1 Å². The summed E-state index contributed by atoms with van der Waals surface area (Å²) < 4.78 is 31.2. The number of benzene rings is 1. The van der Waals surface area contributed by atoms with Gasteiger partial charge in [0.15, 0.2) is 0 Å². The van der Waals surface area contributed by atoms with Gasteiger partial charge in [-0.25, -0.2) is 8.42 Å². The topological polar surface area (TPSA) is 102 Å². The minimum absolute atomic E-state index is 0.0853. The number of hydrogen-bond donors (Lipinski definition) is 1. The number of anilines is 1. The molecule has 0 aromatic heterocycles. The maximum absolute atomic E-state index is 12.5. The maximum Gasteiger partial charge on any atom is 0.293 e. The van der Waals surface area contributed by atoms with Gasteiger partial charge in [0.25, 0.3) is 5.69 Å². The van der Waals surface area contributed by atoms with Crippen LogP contribution in [-0.4, -0.2) is 50.5 Å². The lowest BCUT2D eigenvalue weighted by atomic mass is 10.2. The van der Waals surface area contributed by atoms with Crippen LogP contribution in [0.25, 0.3) is 0 Å². The van der Waals surface area contributed by atoms with Crippen LogP contribution in [-0.2, 0) is 14.8 Å². The van der Waals surface area contributed by atoms with E-state index in [-0.39, 0.29) is 22.3 Å². The van der Waals surface area contributed by atoms with Gasteiger partial charge >= 0.3 is 0 Å². The van der Waals surface area contributed by atoms with Gasteiger partial charge in [-0.1, -0.05) is 13.8 Å². The van der Waals surface area contributed by atoms with Crippen molar-refractivity contribution in [3.8, 4) is 0 Å². The molecule has 0 fully saturated rings. The number of hydrogen-bond acceptors (Lipinski definition) is 6. The van der Waals surface area contributed by atoms with Gasteiger partial charge in [0, 0.05) is 32.3 Å². The second kappa shape index (κ2) is 8.23.